The number of anilines is 3. The van der Waals surface area contributed by atoms with Crippen molar-refractivity contribution < 1.29 is 0 Å². The molecule has 0 unspecified atom stereocenters. The molecule has 0 aliphatic heterocycles. The number of para-hydroxylation sites is 1. The van der Waals surface area contributed by atoms with Crippen molar-refractivity contribution in [2.45, 2.75) is 0 Å². The van der Waals surface area contributed by atoms with Gasteiger partial charge >= 0.3 is 0 Å². The molecule has 0 aliphatic rings. The van der Waals surface area contributed by atoms with Crippen LogP contribution in [0, 0.1) is 0 Å². The summed E-state index contributed by atoms with van der Waals surface area (Å²) in [5.41, 5.74) is 7.65. The third kappa shape index (κ3) is 4.59. The van der Waals surface area contributed by atoms with Crippen LogP contribution in [0.5, 0.6) is 0 Å². The van der Waals surface area contributed by atoms with Crippen LogP contribution in [0.4, 0.5) is 17.1 Å². The van der Waals surface area contributed by atoms with E-state index < -0.39 is 0 Å². The van der Waals surface area contributed by atoms with E-state index in [1.807, 2.05) is 42.5 Å². The maximum absolute atomic E-state index is 6.19. The number of rotatable bonds is 7. The molecule has 0 N–H and O–H groups in total. The third-order valence-corrected chi connectivity index (χ3v) is 5.54. The molecule has 0 heterocycles. The fourth-order valence-corrected chi connectivity index (χ4v) is 3.89. The lowest BCUT2D eigenvalue weighted by Gasteiger charge is -2.28. The van der Waals surface area contributed by atoms with Gasteiger partial charge in [0.15, 0.2) is 0 Å². The molecule has 4 aromatic carbocycles. The van der Waals surface area contributed by atoms with Crippen molar-refractivity contribution in [3.05, 3.63) is 145 Å². The standard InChI is InChI=1S/C30H24ClN/c1-3-10-23(4-2)24-15-19-27(20-16-24)32(28-21-17-26(31)18-22-28)30-14-9-8-13-29(30)25-11-6-5-7-12-25/h3-22H,1-2H2/b23-10+. The molecule has 0 saturated carbocycles. The van der Waals surface area contributed by atoms with E-state index in [0.717, 1.165) is 33.8 Å². The first-order chi connectivity index (χ1) is 15.7. The van der Waals surface area contributed by atoms with E-state index in [-0.39, 0.29) is 0 Å². The second-order valence-electron chi connectivity index (χ2n) is 7.30. The van der Waals surface area contributed by atoms with Crippen molar-refractivity contribution >= 4 is 34.2 Å². The Labute approximate surface area is 195 Å². The topological polar surface area (TPSA) is 3.24 Å². The second-order valence-corrected chi connectivity index (χ2v) is 7.74. The minimum Gasteiger partial charge on any atom is -0.310 e. The zero-order valence-electron chi connectivity index (χ0n) is 17.8. The van der Waals surface area contributed by atoms with Crippen LogP contribution >= 0.6 is 11.6 Å². The van der Waals surface area contributed by atoms with E-state index in [1.165, 1.54) is 5.56 Å². The lowest BCUT2D eigenvalue weighted by atomic mass is 10.0. The summed E-state index contributed by atoms with van der Waals surface area (Å²) >= 11 is 6.19. The fraction of sp³-hybridized carbons (Fsp3) is 0. The van der Waals surface area contributed by atoms with E-state index in [1.54, 1.807) is 6.08 Å². The number of halogens is 1. The van der Waals surface area contributed by atoms with Gasteiger partial charge in [-0.15, -0.1) is 0 Å². The molecule has 0 radical (unpaired) electrons. The Balaban J connectivity index is 1.87. The Morgan fingerprint density at radius 1 is 0.688 bits per heavy atom. The Bertz CT molecular complexity index is 1240. The van der Waals surface area contributed by atoms with Gasteiger partial charge in [0, 0.05) is 22.0 Å². The molecule has 2 heteroatoms. The average molecular weight is 434 g/mol. The van der Waals surface area contributed by atoms with Gasteiger partial charge in [-0.3, -0.25) is 0 Å². The van der Waals surface area contributed by atoms with Crippen molar-refractivity contribution in [3.63, 3.8) is 0 Å². The first-order valence-electron chi connectivity index (χ1n) is 10.5. The summed E-state index contributed by atoms with van der Waals surface area (Å²) in [6.45, 7) is 7.72. The van der Waals surface area contributed by atoms with Gasteiger partial charge in [-0.05, 0) is 59.2 Å². The SMILES string of the molecule is C=C/C=C(\C=C)c1ccc(N(c2ccc(Cl)cc2)c2ccccc2-c2ccccc2)cc1. The van der Waals surface area contributed by atoms with Crippen LogP contribution in [-0.2, 0) is 0 Å². The molecule has 0 aliphatic carbocycles. The van der Waals surface area contributed by atoms with Crippen LogP contribution in [0.1, 0.15) is 5.56 Å². The Kier molecular flexibility index (Phi) is 6.69. The summed E-state index contributed by atoms with van der Waals surface area (Å²) in [6.07, 6.45) is 5.59. The summed E-state index contributed by atoms with van der Waals surface area (Å²) in [7, 11) is 0. The predicted molar refractivity (Wildman–Crippen MR) is 140 cm³/mol. The smallest absolute Gasteiger partial charge is 0.0540 e. The van der Waals surface area contributed by atoms with Gasteiger partial charge in [0.1, 0.15) is 0 Å². The van der Waals surface area contributed by atoms with Gasteiger partial charge in [0.05, 0.1) is 5.69 Å². The maximum atomic E-state index is 6.19. The Morgan fingerprint density at radius 2 is 1.28 bits per heavy atom. The zero-order valence-corrected chi connectivity index (χ0v) is 18.5. The van der Waals surface area contributed by atoms with Crippen LogP contribution in [0.2, 0.25) is 5.02 Å². The van der Waals surface area contributed by atoms with Gasteiger partial charge < -0.3 is 4.90 Å². The molecular formula is C30H24ClN. The average Bonchev–Trinajstić information content (AvgIpc) is 2.85. The molecule has 156 valence electrons. The largest absolute Gasteiger partial charge is 0.310 e. The quantitative estimate of drug-likeness (QED) is 0.262. The molecule has 0 bridgehead atoms. The monoisotopic (exact) mass is 433 g/mol. The van der Waals surface area contributed by atoms with Crippen LogP contribution in [0.3, 0.4) is 0 Å². The number of nitrogens with zero attached hydrogens (tertiary/aromatic N) is 1. The van der Waals surface area contributed by atoms with Gasteiger partial charge in [0.2, 0.25) is 0 Å². The summed E-state index contributed by atoms with van der Waals surface area (Å²) in [6, 6.07) is 35.3. The highest BCUT2D eigenvalue weighted by atomic mass is 35.5. The maximum Gasteiger partial charge on any atom is 0.0540 e. The lowest BCUT2D eigenvalue weighted by Crippen LogP contribution is -2.11. The minimum absolute atomic E-state index is 0.713. The highest BCUT2D eigenvalue weighted by molar-refractivity contribution is 6.30. The van der Waals surface area contributed by atoms with Crippen LogP contribution < -0.4 is 4.90 Å². The van der Waals surface area contributed by atoms with E-state index in [9.17, 15) is 0 Å². The fourth-order valence-electron chi connectivity index (χ4n) is 3.76. The molecule has 4 aromatic rings. The lowest BCUT2D eigenvalue weighted by molar-refractivity contribution is 1.28. The van der Waals surface area contributed by atoms with Gasteiger partial charge in [-0.2, -0.15) is 0 Å². The van der Waals surface area contributed by atoms with Crippen molar-refractivity contribution in [1.29, 1.82) is 0 Å². The van der Waals surface area contributed by atoms with E-state index >= 15 is 0 Å². The van der Waals surface area contributed by atoms with Crippen LogP contribution in [0.15, 0.2) is 135 Å². The van der Waals surface area contributed by atoms with E-state index in [2.05, 4.69) is 90.9 Å². The number of hydrogen-bond donors (Lipinski definition) is 0. The molecule has 4 rings (SSSR count). The summed E-state index contributed by atoms with van der Waals surface area (Å²) in [4.78, 5) is 2.26. The number of benzene rings is 4. The predicted octanol–water partition coefficient (Wildman–Crippen LogP) is 9.23. The summed E-state index contributed by atoms with van der Waals surface area (Å²) in [5, 5.41) is 0.713. The van der Waals surface area contributed by atoms with E-state index in [4.69, 9.17) is 11.6 Å². The molecule has 0 atom stereocenters. The summed E-state index contributed by atoms with van der Waals surface area (Å²) in [5.74, 6) is 0. The molecule has 0 fully saturated rings. The molecule has 0 spiro atoms. The normalized spacial score (nSPS) is 11.1. The highest BCUT2D eigenvalue weighted by Crippen LogP contribution is 2.41. The van der Waals surface area contributed by atoms with Gasteiger partial charge in [0.25, 0.3) is 0 Å². The first kappa shape index (κ1) is 21.4. The molecule has 0 aromatic heterocycles. The number of hydrogen-bond acceptors (Lipinski definition) is 1. The Hall–Kier alpha value is -3.81. The Morgan fingerprint density at radius 3 is 1.91 bits per heavy atom. The molecule has 0 saturated heterocycles. The van der Waals surface area contributed by atoms with Gasteiger partial charge in [-0.25, -0.2) is 0 Å². The minimum atomic E-state index is 0.713. The van der Waals surface area contributed by atoms with Crippen molar-refractivity contribution in [1.82, 2.24) is 0 Å². The van der Waals surface area contributed by atoms with Crippen molar-refractivity contribution in [2.24, 2.45) is 0 Å². The molecule has 0 amide bonds. The van der Waals surface area contributed by atoms with Crippen LogP contribution in [-0.4, -0.2) is 0 Å². The highest BCUT2D eigenvalue weighted by Gasteiger charge is 2.17. The number of allylic oxidation sites excluding steroid dienone is 4. The van der Waals surface area contributed by atoms with Crippen LogP contribution in [0.25, 0.3) is 16.7 Å². The van der Waals surface area contributed by atoms with E-state index in [0.29, 0.717) is 5.02 Å². The summed E-state index contributed by atoms with van der Waals surface area (Å²) < 4.78 is 0. The second kappa shape index (κ2) is 10.00. The first-order valence-corrected chi connectivity index (χ1v) is 10.8. The third-order valence-electron chi connectivity index (χ3n) is 5.29. The zero-order chi connectivity index (χ0) is 22.3. The van der Waals surface area contributed by atoms with Crippen molar-refractivity contribution in [3.8, 4) is 11.1 Å². The van der Waals surface area contributed by atoms with Gasteiger partial charge in [-0.1, -0.05) is 104 Å². The van der Waals surface area contributed by atoms with Crippen molar-refractivity contribution in [2.75, 3.05) is 4.90 Å². The molecule has 1 nitrogen and oxygen atoms in total. The molecule has 32 heavy (non-hydrogen) atoms. The molecular weight excluding hydrogens is 410 g/mol.